The van der Waals surface area contributed by atoms with Crippen LogP contribution in [0.1, 0.15) is 43.0 Å². The third kappa shape index (κ3) is 5.52. The van der Waals surface area contributed by atoms with Crippen molar-refractivity contribution in [1.82, 2.24) is 25.5 Å². The van der Waals surface area contributed by atoms with Gasteiger partial charge in [0.05, 0.1) is 4.88 Å². The van der Waals surface area contributed by atoms with Gasteiger partial charge in [-0.1, -0.05) is 31.4 Å². The molecule has 0 spiro atoms. The van der Waals surface area contributed by atoms with E-state index < -0.39 is 17.8 Å². The Morgan fingerprint density at radius 2 is 1.81 bits per heavy atom. The third-order valence-corrected chi connectivity index (χ3v) is 7.91. The van der Waals surface area contributed by atoms with E-state index in [1.807, 2.05) is 35.0 Å². The van der Waals surface area contributed by atoms with Gasteiger partial charge in [-0.25, -0.2) is 4.39 Å². The molecule has 0 bridgehead atoms. The Hall–Kier alpha value is -3.44. The van der Waals surface area contributed by atoms with Crippen molar-refractivity contribution in [2.24, 2.45) is 0 Å². The molecule has 1 aliphatic rings. The van der Waals surface area contributed by atoms with E-state index >= 15 is 0 Å². The zero-order valence-electron chi connectivity index (χ0n) is 19.4. The van der Waals surface area contributed by atoms with Crippen LogP contribution < -0.4 is 10.2 Å². The van der Waals surface area contributed by atoms with Crippen LogP contribution >= 0.6 is 22.7 Å². The van der Waals surface area contributed by atoms with Crippen molar-refractivity contribution in [3.05, 3.63) is 70.0 Å². The molecular weight excluding hydrogens is 499 g/mol. The number of nitrogens with one attached hydrogen (secondary N) is 1. The highest BCUT2D eigenvalue weighted by Crippen LogP contribution is 2.32. The van der Waals surface area contributed by atoms with Crippen LogP contribution in [0.25, 0.3) is 10.7 Å². The normalized spacial score (nSPS) is 14.9. The number of tetrazole rings is 1. The highest BCUT2D eigenvalue weighted by Gasteiger charge is 2.35. The second kappa shape index (κ2) is 11.1. The molecule has 36 heavy (non-hydrogen) atoms. The number of thiophene rings is 2. The molecule has 0 unspecified atom stereocenters. The van der Waals surface area contributed by atoms with Crippen molar-refractivity contribution in [3.63, 3.8) is 0 Å². The molecule has 1 atom stereocenters. The summed E-state index contributed by atoms with van der Waals surface area (Å²) in [5.41, 5.74) is 0.414. The third-order valence-electron chi connectivity index (χ3n) is 6.12. The van der Waals surface area contributed by atoms with Crippen molar-refractivity contribution in [2.75, 3.05) is 4.90 Å². The van der Waals surface area contributed by atoms with Crippen LogP contribution in [0.15, 0.2) is 59.3 Å². The lowest BCUT2D eigenvalue weighted by Gasteiger charge is -2.32. The fraction of sp³-hybridized carbons (Fsp3) is 0.320. The van der Waals surface area contributed by atoms with Crippen LogP contribution in [0.4, 0.5) is 10.1 Å². The molecule has 0 saturated heterocycles. The number of hydrogen-bond donors (Lipinski definition) is 1. The van der Waals surface area contributed by atoms with E-state index in [1.165, 1.54) is 63.1 Å². The molecule has 0 radical (unpaired) electrons. The number of halogens is 1. The molecule has 4 aromatic rings. The predicted molar refractivity (Wildman–Crippen MR) is 137 cm³/mol. The van der Waals surface area contributed by atoms with Crippen molar-refractivity contribution < 1.29 is 14.0 Å². The summed E-state index contributed by atoms with van der Waals surface area (Å²) < 4.78 is 13.8. The second-order valence-electron chi connectivity index (χ2n) is 8.62. The van der Waals surface area contributed by atoms with Crippen LogP contribution in [0, 0.1) is 5.82 Å². The monoisotopic (exact) mass is 524 g/mol. The van der Waals surface area contributed by atoms with Gasteiger partial charge in [0.1, 0.15) is 18.4 Å². The van der Waals surface area contributed by atoms with Crippen LogP contribution in [0.3, 0.4) is 0 Å². The summed E-state index contributed by atoms with van der Waals surface area (Å²) in [4.78, 5) is 31.6. The van der Waals surface area contributed by atoms with Gasteiger partial charge in [-0.3, -0.25) is 14.5 Å². The molecule has 1 saturated carbocycles. The summed E-state index contributed by atoms with van der Waals surface area (Å²) in [6.07, 6.45) is 5.14. The number of nitrogens with zero attached hydrogens (tertiary/aromatic N) is 5. The number of hydrogen-bond acceptors (Lipinski definition) is 7. The smallest absolute Gasteiger partial charge is 0.251 e. The van der Waals surface area contributed by atoms with Gasteiger partial charge in [0.2, 0.25) is 11.7 Å². The standard InChI is InChI=1S/C25H25FN6O2S2/c26-17-10-12-19(13-11-17)32(22(33)16-31-29-24(28-30-31)21-9-5-15-36-21)23(20-8-4-14-35-20)25(34)27-18-6-2-1-3-7-18/h4-5,8-15,18,23H,1-3,6-7,16H2,(H,27,34)/t23-/m1/s1. The van der Waals surface area contributed by atoms with Crippen LogP contribution in [0.2, 0.25) is 0 Å². The zero-order valence-corrected chi connectivity index (χ0v) is 21.1. The number of carbonyl (C=O) groups is 2. The first kappa shape index (κ1) is 24.3. The molecule has 1 aromatic carbocycles. The van der Waals surface area contributed by atoms with E-state index in [0.29, 0.717) is 16.4 Å². The summed E-state index contributed by atoms with van der Waals surface area (Å²) in [6, 6.07) is 12.2. The lowest BCUT2D eigenvalue weighted by Crippen LogP contribution is -2.48. The van der Waals surface area contributed by atoms with Crippen molar-refractivity contribution in [2.45, 2.75) is 50.7 Å². The Bertz CT molecular complexity index is 1280. The minimum absolute atomic E-state index is 0.0734. The van der Waals surface area contributed by atoms with Gasteiger partial charge in [0, 0.05) is 16.6 Å². The number of rotatable bonds is 8. The molecule has 186 valence electrons. The van der Waals surface area contributed by atoms with E-state index in [9.17, 15) is 14.0 Å². The zero-order chi connectivity index (χ0) is 24.9. The minimum atomic E-state index is -0.912. The quantitative estimate of drug-likeness (QED) is 0.357. The van der Waals surface area contributed by atoms with Crippen molar-refractivity contribution in [3.8, 4) is 10.7 Å². The average Bonchev–Trinajstić information content (AvgIpc) is 3.67. The topological polar surface area (TPSA) is 93.0 Å². The first-order valence-corrected chi connectivity index (χ1v) is 13.6. The molecule has 0 aliphatic heterocycles. The van der Waals surface area contributed by atoms with E-state index in [-0.39, 0.29) is 18.5 Å². The lowest BCUT2D eigenvalue weighted by atomic mass is 9.95. The Morgan fingerprint density at radius 3 is 2.50 bits per heavy atom. The molecule has 11 heteroatoms. The second-order valence-corrected chi connectivity index (χ2v) is 10.5. The first-order valence-electron chi connectivity index (χ1n) is 11.8. The Labute approximate surface area is 215 Å². The highest BCUT2D eigenvalue weighted by molar-refractivity contribution is 7.13. The van der Waals surface area contributed by atoms with Gasteiger partial charge in [-0.15, -0.1) is 32.9 Å². The molecule has 5 rings (SSSR count). The van der Waals surface area contributed by atoms with Crippen LogP contribution in [-0.4, -0.2) is 38.1 Å². The lowest BCUT2D eigenvalue weighted by molar-refractivity contribution is -0.127. The maximum absolute atomic E-state index is 13.8. The Morgan fingerprint density at radius 1 is 1.06 bits per heavy atom. The van der Waals surface area contributed by atoms with E-state index in [1.54, 1.807) is 0 Å². The summed E-state index contributed by atoms with van der Waals surface area (Å²) in [6.45, 7) is -0.228. The molecular formula is C25H25FN6O2S2. The maximum atomic E-state index is 13.8. The summed E-state index contributed by atoms with van der Waals surface area (Å²) in [5.74, 6) is -0.665. The van der Waals surface area contributed by atoms with E-state index in [0.717, 1.165) is 30.6 Å². The molecule has 3 aromatic heterocycles. The number of anilines is 1. The summed E-state index contributed by atoms with van der Waals surface area (Å²) >= 11 is 2.87. The van der Waals surface area contributed by atoms with Crippen molar-refractivity contribution >= 4 is 40.2 Å². The fourth-order valence-electron chi connectivity index (χ4n) is 4.40. The molecule has 1 fully saturated rings. The minimum Gasteiger partial charge on any atom is -0.351 e. The first-order chi connectivity index (χ1) is 17.6. The van der Waals surface area contributed by atoms with E-state index in [2.05, 4.69) is 20.7 Å². The molecule has 3 heterocycles. The fourth-order valence-corrected chi connectivity index (χ4v) is 5.86. The summed E-state index contributed by atoms with van der Waals surface area (Å²) in [5, 5.41) is 19.4. The number of carbonyl (C=O) groups excluding carboxylic acids is 2. The van der Waals surface area contributed by atoms with Gasteiger partial charge < -0.3 is 5.32 Å². The Kier molecular flexibility index (Phi) is 7.47. The molecule has 1 N–H and O–H groups in total. The van der Waals surface area contributed by atoms with Gasteiger partial charge in [-0.2, -0.15) is 4.80 Å². The number of amides is 2. The number of benzene rings is 1. The van der Waals surface area contributed by atoms with Crippen molar-refractivity contribution in [1.29, 1.82) is 0 Å². The Balaban J connectivity index is 1.46. The molecule has 1 aliphatic carbocycles. The number of aromatic nitrogens is 4. The van der Waals surface area contributed by atoms with Crippen LogP contribution in [0.5, 0.6) is 0 Å². The predicted octanol–water partition coefficient (Wildman–Crippen LogP) is 4.83. The van der Waals surface area contributed by atoms with Gasteiger partial charge in [0.15, 0.2) is 0 Å². The molecule has 8 nitrogen and oxygen atoms in total. The van der Waals surface area contributed by atoms with Gasteiger partial charge in [0.25, 0.3) is 5.91 Å². The largest absolute Gasteiger partial charge is 0.351 e. The summed E-state index contributed by atoms with van der Waals surface area (Å²) in [7, 11) is 0. The van der Waals surface area contributed by atoms with Crippen LogP contribution in [-0.2, 0) is 16.1 Å². The van der Waals surface area contributed by atoms with Gasteiger partial charge >= 0.3 is 0 Å². The maximum Gasteiger partial charge on any atom is 0.251 e. The highest BCUT2D eigenvalue weighted by atomic mass is 32.1. The molecule has 2 amide bonds. The SMILES string of the molecule is O=C(NC1CCCCC1)[C@@H](c1cccs1)N(C(=O)Cn1nnc(-c2cccs2)n1)c1ccc(F)cc1. The average molecular weight is 525 g/mol. The van der Waals surface area contributed by atoms with Gasteiger partial charge in [-0.05, 0) is 65.2 Å². The van der Waals surface area contributed by atoms with E-state index in [4.69, 9.17) is 0 Å².